The van der Waals surface area contributed by atoms with Gasteiger partial charge in [-0.2, -0.15) is 0 Å². The standard InChI is InChI=1S/C16H17Cl3N2/c1-2-7-21-15(9-11-6-8-20-10-14(11)19)16-12(17)4-3-5-13(16)18/h3-6,8,10,15,21H,2,7,9H2,1H3. The zero-order chi connectivity index (χ0) is 15.2. The summed E-state index contributed by atoms with van der Waals surface area (Å²) in [4.78, 5) is 4.02. The van der Waals surface area contributed by atoms with Crippen molar-refractivity contribution in [3.05, 3.63) is 62.9 Å². The Bertz CT molecular complexity index is 582. The minimum atomic E-state index is 0.0195. The molecule has 1 N–H and O–H groups in total. The molecule has 1 aromatic heterocycles. The average Bonchev–Trinajstić information content (AvgIpc) is 2.46. The van der Waals surface area contributed by atoms with Gasteiger partial charge >= 0.3 is 0 Å². The Hall–Kier alpha value is -0.800. The number of pyridine rings is 1. The Morgan fingerprint density at radius 2 is 1.81 bits per heavy atom. The van der Waals surface area contributed by atoms with Crippen LogP contribution in [0.25, 0.3) is 0 Å². The highest BCUT2D eigenvalue weighted by Crippen LogP contribution is 2.33. The van der Waals surface area contributed by atoms with E-state index in [4.69, 9.17) is 34.8 Å². The molecule has 2 aromatic rings. The molecule has 112 valence electrons. The van der Waals surface area contributed by atoms with Gasteiger partial charge in [0.15, 0.2) is 0 Å². The van der Waals surface area contributed by atoms with Crippen molar-refractivity contribution in [3.63, 3.8) is 0 Å². The predicted molar refractivity (Wildman–Crippen MR) is 90.4 cm³/mol. The van der Waals surface area contributed by atoms with E-state index in [0.717, 1.165) is 24.1 Å². The molecule has 0 bridgehead atoms. The van der Waals surface area contributed by atoms with Crippen molar-refractivity contribution in [2.45, 2.75) is 25.8 Å². The van der Waals surface area contributed by atoms with Gasteiger partial charge in [0.05, 0.1) is 5.02 Å². The Balaban J connectivity index is 2.32. The summed E-state index contributed by atoms with van der Waals surface area (Å²) in [7, 11) is 0. The third-order valence-electron chi connectivity index (χ3n) is 3.27. The molecule has 5 heteroatoms. The Morgan fingerprint density at radius 3 is 2.43 bits per heavy atom. The summed E-state index contributed by atoms with van der Waals surface area (Å²) in [6.07, 6.45) is 5.14. The van der Waals surface area contributed by atoms with Crippen LogP contribution in [0.2, 0.25) is 15.1 Å². The second-order valence-electron chi connectivity index (χ2n) is 4.81. The monoisotopic (exact) mass is 342 g/mol. The summed E-state index contributed by atoms with van der Waals surface area (Å²) in [6.45, 7) is 3.01. The van der Waals surface area contributed by atoms with Crippen LogP contribution >= 0.6 is 34.8 Å². The lowest BCUT2D eigenvalue weighted by atomic mass is 9.99. The van der Waals surface area contributed by atoms with E-state index in [0.29, 0.717) is 21.5 Å². The highest BCUT2D eigenvalue weighted by molar-refractivity contribution is 6.36. The number of aromatic nitrogens is 1. The van der Waals surface area contributed by atoms with E-state index < -0.39 is 0 Å². The summed E-state index contributed by atoms with van der Waals surface area (Å²) < 4.78 is 0. The molecular formula is C16H17Cl3N2. The maximum atomic E-state index is 6.34. The van der Waals surface area contributed by atoms with Crippen LogP contribution in [0.5, 0.6) is 0 Å². The Morgan fingerprint density at radius 1 is 1.10 bits per heavy atom. The van der Waals surface area contributed by atoms with Gasteiger partial charge in [-0.1, -0.05) is 47.8 Å². The van der Waals surface area contributed by atoms with Gasteiger partial charge in [0, 0.05) is 34.0 Å². The number of nitrogens with zero attached hydrogens (tertiary/aromatic N) is 1. The molecular weight excluding hydrogens is 327 g/mol. The zero-order valence-electron chi connectivity index (χ0n) is 11.7. The van der Waals surface area contributed by atoms with Gasteiger partial charge in [-0.25, -0.2) is 0 Å². The van der Waals surface area contributed by atoms with Crippen molar-refractivity contribution >= 4 is 34.8 Å². The smallest absolute Gasteiger partial charge is 0.0622 e. The van der Waals surface area contributed by atoms with Crippen molar-refractivity contribution in [1.29, 1.82) is 0 Å². The largest absolute Gasteiger partial charge is 0.310 e. The molecule has 0 aliphatic carbocycles. The molecule has 1 atom stereocenters. The van der Waals surface area contributed by atoms with Gasteiger partial charge < -0.3 is 5.32 Å². The first-order valence-corrected chi connectivity index (χ1v) is 8.02. The van der Waals surface area contributed by atoms with Gasteiger partial charge in [-0.15, -0.1) is 0 Å². The molecule has 1 unspecified atom stereocenters. The van der Waals surface area contributed by atoms with E-state index >= 15 is 0 Å². The molecule has 0 fully saturated rings. The van der Waals surface area contributed by atoms with Crippen LogP contribution < -0.4 is 5.32 Å². The van der Waals surface area contributed by atoms with Crippen LogP contribution in [-0.2, 0) is 6.42 Å². The third kappa shape index (κ3) is 4.33. The fourth-order valence-electron chi connectivity index (χ4n) is 2.23. The van der Waals surface area contributed by atoms with Crippen molar-refractivity contribution < 1.29 is 0 Å². The first-order valence-electron chi connectivity index (χ1n) is 6.89. The number of nitrogens with one attached hydrogen (secondary N) is 1. The Kier molecular flexibility index (Phi) is 6.31. The van der Waals surface area contributed by atoms with E-state index in [-0.39, 0.29) is 6.04 Å². The molecule has 1 heterocycles. The predicted octanol–water partition coefficient (Wildman–Crippen LogP) is 5.33. The fourth-order valence-corrected chi connectivity index (χ4v) is 3.09. The topological polar surface area (TPSA) is 24.9 Å². The quantitative estimate of drug-likeness (QED) is 0.767. The lowest BCUT2D eigenvalue weighted by Crippen LogP contribution is -2.25. The molecule has 0 spiro atoms. The van der Waals surface area contributed by atoms with Gasteiger partial charge in [-0.05, 0) is 43.1 Å². The highest BCUT2D eigenvalue weighted by Gasteiger charge is 2.19. The van der Waals surface area contributed by atoms with Crippen LogP contribution in [0.4, 0.5) is 0 Å². The van der Waals surface area contributed by atoms with E-state index in [1.54, 1.807) is 12.4 Å². The van der Waals surface area contributed by atoms with Crippen LogP contribution in [0.1, 0.15) is 30.5 Å². The Labute approximate surface area is 140 Å². The molecule has 2 rings (SSSR count). The maximum absolute atomic E-state index is 6.34. The molecule has 0 saturated heterocycles. The number of hydrogen-bond acceptors (Lipinski definition) is 2. The number of halogens is 3. The van der Waals surface area contributed by atoms with Gasteiger partial charge in [0.1, 0.15) is 0 Å². The van der Waals surface area contributed by atoms with Crippen molar-refractivity contribution in [3.8, 4) is 0 Å². The molecule has 21 heavy (non-hydrogen) atoms. The maximum Gasteiger partial charge on any atom is 0.0622 e. The number of rotatable bonds is 6. The molecule has 0 amide bonds. The normalized spacial score (nSPS) is 12.4. The average molecular weight is 344 g/mol. The number of benzene rings is 1. The number of hydrogen-bond donors (Lipinski definition) is 1. The summed E-state index contributed by atoms with van der Waals surface area (Å²) in [6, 6.07) is 7.51. The van der Waals surface area contributed by atoms with E-state index in [1.807, 2.05) is 24.3 Å². The molecule has 1 aromatic carbocycles. The van der Waals surface area contributed by atoms with Gasteiger partial charge in [-0.3, -0.25) is 4.98 Å². The highest BCUT2D eigenvalue weighted by atomic mass is 35.5. The van der Waals surface area contributed by atoms with Crippen molar-refractivity contribution in [1.82, 2.24) is 10.3 Å². The lowest BCUT2D eigenvalue weighted by molar-refractivity contribution is 0.529. The first-order chi connectivity index (χ1) is 10.1. The lowest BCUT2D eigenvalue weighted by Gasteiger charge is -2.22. The first kappa shape index (κ1) is 16.6. The second-order valence-corrected chi connectivity index (χ2v) is 6.03. The summed E-state index contributed by atoms with van der Waals surface area (Å²) >= 11 is 18.9. The van der Waals surface area contributed by atoms with Crippen molar-refractivity contribution in [2.75, 3.05) is 6.54 Å². The molecule has 0 saturated carbocycles. The fraction of sp³-hybridized carbons (Fsp3) is 0.312. The minimum Gasteiger partial charge on any atom is -0.310 e. The van der Waals surface area contributed by atoms with Crippen LogP contribution in [0.3, 0.4) is 0 Å². The molecule has 0 aliphatic rings. The van der Waals surface area contributed by atoms with Crippen LogP contribution in [-0.4, -0.2) is 11.5 Å². The third-order valence-corrected chi connectivity index (χ3v) is 4.27. The van der Waals surface area contributed by atoms with E-state index in [9.17, 15) is 0 Å². The molecule has 0 aliphatic heterocycles. The van der Waals surface area contributed by atoms with Crippen LogP contribution in [0.15, 0.2) is 36.7 Å². The minimum absolute atomic E-state index is 0.0195. The summed E-state index contributed by atoms with van der Waals surface area (Å²) in [5, 5.41) is 5.49. The second kappa shape index (κ2) is 8.00. The van der Waals surface area contributed by atoms with Crippen LogP contribution in [0, 0.1) is 0 Å². The van der Waals surface area contributed by atoms with Crippen molar-refractivity contribution in [2.24, 2.45) is 0 Å². The molecule has 0 radical (unpaired) electrons. The zero-order valence-corrected chi connectivity index (χ0v) is 14.0. The van der Waals surface area contributed by atoms with E-state index in [1.165, 1.54) is 0 Å². The van der Waals surface area contributed by atoms with Gasteiger partial charge in [0.25, 0.3) is 0 Å². The summed E-state index contributed by atoms with van der Waals surface area (Å²) in [5.41, 5.74) is 1.94. The van der Waals surface area contributed by atoms with E-state index in [2.05, 4.69) is 17.2 Å². The summed E-state index contributed by atoms with van der Waals surface area (Å²) in [5.74, 6) is 0. The van der Waals surface area contributed by atoms with Gasteiger partial charge in [0.2, 0.25) is 0 Å². The SMILES string of the molecule is CCCNC(Cc1ccncc1Cl)c1c(Cl)cccc1Cl. The molecule has 2 nitrogen and oxygen atoms in total.